The summed E-state index contributed by atoms with van der Waals surface area (Å²) in [7, 11) is 0. The molecular weight excluding hydrogens is 995 g/mol. The quantitative estimate of drug-likeness (QED) is 0.0609. The molecule has 0 fully saturated rings. The van der Waals surface area contributed by atoms with E-state index in [2.05, 4.69) is 81.7 Å². The van der Waals surface area contributed by atoms with E-state index in [0.29, 0.717) is 30.9 Å². The Labute approximate surface area is 400 Å². The number of hydrogen-bond donors (Lipinski definition) is 0. The molecule has 0 atom stereocenters. The Morgan fingerprint density at radius 2 is 0.803 bits per heavy atom. The zero-order valence-corrected chi connectivity index (χ0v) is 38.7. The van der Waals surface area contributed by atoms with Gasteiger partial charge in [0.05, 0.1) is 19.8 Å². The molecular formula is C58H46IrN3O4. The minimum Gasteiger partial charge on any atom is -0.379 e. The number of hydrogen-bond acceptors (Lipinski definition) is 7. The van der Waals surface area contributed by atoms with Crippen molar-refractivity contribution in [2.45, 2.75) is 13.5 Å². The van der Waals surface area contributed by atoms with E-state index in [1.807, 2.05) is 140 Å². The Kier molecular flexibility index (Phi) is 18.8. The number of benzene rings is 6. The fraction of sp³-hybridized carbons (Fsp3) is 0.0862. The SMILES string of the molecule is CCOCCOCc1ccc(-c2cc[c-]c(-c3ccccn3)c2)cc1.O=Cc1ccc(-c2cc[c-]c(-c3ccccn3)c2)cc1.O=Cc1ccc(-c2cc[c-]c(-c3ccccn3)c2)cc1.[Ir+3]. The van der Waals surface area contributed by atoms with Gasteiger partial charge in [-0.05, 0) is 64.5 Å². The van der Waals surface area contributed by atoms with E-state index in [1.165, 1.54) is 5.56 Å². The molecule has 0 unspecified atom stereocenters. The van der Waals surface area contributed by atoms with Crippen LogP contribution in [0.4, 0.5) is 0 Å². The van der Waals surface area contributed by atoms with E-state index in [1.54, 1.807) is 18.6 Å². The molecule has 326 valence electrons. The van der Waals surface area contributed by atoms with Gasteiger partial charge in [0.1, 0.15) is 12.6 Å². The van der Waals surface area contributed by atoms with Crippen LogP contribution in [0.3, 0.4) is 0 Å². The van der Waals surface area contributed by atoms with Gasteiger partial charge < -0.3 is 24.4 Å². The molecule has 8 heteroatoms. The molecule has 0 aliphatic carbocycles. The molecule has 7 nitrogen and oxygen atoms in total. The molecule has 9 aromatic rings. The maximum Gasteiger partial charge on any atom is 3.00 e. The van der Waals surface area contributed by atoms with E-state index >= 15 is 0 Å². The van der Waals surface area contributed by atoms with E-state index in [9.17, 15) is 9.59 Å². The number of aldehydes is 2. The van der Waals surface area contributed by atoms with E-state index < -0.39 is 0 Å². The molecule has 0 N–H and O–H groups in total. The van der Waals surface area contributed by atoms with Crippen molar-refractivity contribution in [3.05, 3.63) is 235 Å². The number of carbonyl (C=O) groups is 2. The Morgan fingerprint density at radius 3 is 1.14 bits per heavy atom. The normalized spacial score (nSPS) is 10.3. The van der Waals surface area contributed by atoms with Crippen molar-refractivity contribution >= 4 is 12.6 Å². The Bertz CT molecular complexity index is 2710. The van der Waals surface area contributed by atoms with Crippen LogP contribution < -0.4 is 0 Å². The third kappa shape index (κ3) is 14.1. The molecule has 66 heavy (non-hydrogen) atoms. The maximum absolute atomic E-state index is 10.7. The average molecular weight is 1040 g/mol. The Morgan fingerprint density at radius 1 is 0.439 bits per heavy atom. The standard InChI is InChI=1S/C22H22NO2.2C18H12NO.Ir/c1-2-24-14-15-25-17-18-9-11-19(12-10-18)20-6-5-7-21(16-20)22-8-3-4-13-23-22;2*20-13-14-7-9-15(10-8-14)16-4-3-5-17(12-16)18-6-1-2-11-19-18;/h3-6,8-13,16H,2,14-15,17H2,1H3;2*1-4,6-13H;/q3*-1;+3. The fourth-order valence-corrected chi connectivity index (χ4v) is 6.70. The number of ether oxygens (including phenoxy) is 2. The number of carbonyl (C=O) groups excluding carboxylic acids is 2. The minimum absolute atomic E-state index is 0. The molecule has 0 saturated carbocycles. The summed E-state index contributed by atoms with van der Waals surface area (Å²) in [5, 5.41) is 0. The first-order valence-electron chi connectivity index (χ1n) is 21.3. The van der Waals surface area contributed by atoms with Gasteiger partial charge in [-0.3, -0.25) is 9.59 Å². The zero-order valence-electron chi connectivity index (χ0n) is 36.3. The predicted molar refractivity (Wildman–Crippen MR) is 259 cm³/mol. The molecule has 3 heterocycles. The molecule has 0 saturated heterocycles. The molecule has 0 aliphatic heterocycles. The third-order valence-electron chi connectivity index (χ3n) is 10.1. The van der Waals surface area contributed by atoms with Crippen molar-refractivity contribution in [3.8, 4) is 67.2 Å². The molecule has 0 aliphatic rings. The first-order chi connectivity index (χ1) is 32.1. The van der Waals surface area contributed by atoms with E-state index in [-0.39, 0.29) is 20.1 Å². The van der Waals surface area contributed by atoms with Gasteiger partial charge in [0.25, 0.3) is 0 Å². The number of rotatable bonds is 14. The van der Waals surface area contributed by atoms with Gasteiger partial charge in [-0.2, -0.15) is 0 Å². The molecule has 3 aromatic heterocycles. The van der Waals surface area contributed by atoms with Crippen LogP contribution in [0, 0.1) is 18.2 Å². The van der Waals surface area contributed by atoms with Crippen LogP contribution in [0.25, 0.3) is 67.2 Å². The Balaban J connectivity index is 0.000000164. The summed E-state index contributed by atoms with van der Waals surface area (Å²) in [6, 6.07) is 68.8. The smallest absolute Gasteiger partial charge is 0.379 e. The molecule has 0 radical (unpaired) electrons. The predicted octanol–water partition coefficient (Wildman–Crippen LogP) is 12.8. The summed E-state index contributed by atoms with van der Waals surface area (Å²) in [4.78, 5) is 34.4. The second-order valence-corrected chi connectivity index (χ2v) is 14.5. The molecule has 6 aromatic carbocycles. The maximum atomic E-state index is 10.7. The first-order valence-corrected chi connectivity index (χ1v) is 21.3. The van der Waals surface area contributed by atoms with Crippen LogP contribution in [-0.2, 0) is 36.2 Å². The zero-order chi connectivity index (χ0) is 44.9. The van der Waals surface area contributed by atoms with Crippen LogP contribution in [-0.4, -0.2) is 47.3 Å². The number of aromatic nitrogens is 3. The van der Waals surface area contributed by atoms with Gasteiger partial charge in [-0.1, -0.05) is 109 Å². The van der Waals surface area contributed by atoms with Crippen molar-refractivity contribution in [1.82, 2.24) is 15.0 Å². The topological polar surface area (TPSA) is 91.3 Å². The second kappa shape index (κ2) is 25.8. The van der Waals surface area contributed by atoms with Crippen LogP contribution in [0.2, 0.25) is 0 Å². The van der Waals surface area contributed by atoms with Crippen molar-refractivity contribution < 1.29 is 39.2 Å². The van der Waals surface area contributed by atoms with Gasteiger partial charge >= 0.3 is 20.1 Å². The van der Waals surface area contributed by atoms with Gasteiger partial charge in [0, 0.05) is 36.3 Å². The fourth-order valence-electron chi connectivity index (χ4n) is 6.70. The van der Waals surface area contributed by atoms with Crippen molar-refractivity contribution in [3.63, 3.8) is 0 Å². The molecule has 9 rings (SSSR count). The monoisotopic (exact) mass is 1040 g/mol. The van der Waals surface area contributed by atoms with Crippen LogP contribution >= 0.6 is 0 Å². The van der Waals surface area contributed by atoms with Crippen LogP contribution in [0.5, 0.6) is 0 Å². The third-order valence-corrected chi connectivity index (χ3v) is 10.1. The molecule has 0 amide bonds. The largest absolute Gasteiger partial charge is 3.00 e. The summed E-state index contributed by atoms with van der Waals surface area (Å²) in [6.07, 6.45) is 7.05. The summed E-state index contributed by atoms with van der Waals surface area (Å²) in [5.74, 6) is 0. The number of nitrogens with zero attached hydrogens (tertiary/aromatic N) is 3. The first kappa shape index (κ1) is 48.1. The van der Waals surface area contributed by atoms with Crippen molar-refractivity contribution in [2.24, 2.45) is 0 Å². The van der Waals surface area contributed by atoms with Gasteiger partial charge in [-0.15, -0.1) is 106 Å². The molecule has 0 spiro atoms. The Hall–Kier alpha value is -7.32. The number of pyridine rings is 3. The molecule has 0 bridgehead atoms. The van der Waals surface area contributed by atoms with Crippen molar-refractivity contribution in [2.75, 3.05) is 19.8 Å². The van der Waals surface area contributed by atoms with Crippen LogP contribution in [0.1, 0.15) is 33.2 Å². The second-order valence-electron chi connectivity index (χ2n) is 14.5. The summed E-state index contributed by atoms with van der Waals surface area (Å²) in [5.41, 5.74) is 14.8. The summed E-state index contributed by atoms with van der Waals surface area (Å²) < 4.78 is 10.9. The van der Waals surface area contributed by atoms with E-state index in [4.69, 9.17) is 9.47 Å². The van der Waals surface area contributed by atoms with Crippen molar-refractivity contribution in [1.29, 1.82) is 0 Å². The summed E-state index contributed by atoms with van der Waals surface area (Å²) in [6.45, 7) is 4.59. The van der Waals surface area contributed by atoms with Crippen LogP contribution in [0.15, 0.2) is 201 Å². The van der Waals surface area contributed by atoms with Gasteiger partial charge in [0.15, 0.2) is 0 Å². The van der Waals surface area contributed by atoms with Gasteiger partial charge in [-0.25, -0.2) is 0 Å². The van der Waals surface area contributed by atoms with E-state index in [0.717, 1.165) is 86.3 Å². The minimum atomic E-state index is 0. The van der Waals surface area contributed by atoms with Gasteiger partial charge in [0.2, 0.25) is 0 Å². The summed E-state index contributed by atoms with van der Waals surface area (Å²) >= 11 is 0. The average Bonchev–Trinajstić information content (AvgIpc) is 3.40.